The van der Waals surface area contributed by atoms with Crippen LogP contribution in [0.25, 0.3) is 0 Å². The van der Waals surface area contributed by atoms with Crippen LogP contribution in [0.15, 0.2) is 64.2 Å². The van der Waals surface area contributed by atoms with Crippen molar-refractivity contribution in [2.75, 3.05) is 12.3 Å². The number of carbonyl (C=O) groups is 2. The molecule has 0 amide bonds. The number of hydrogen-bond donors (Lipinski definition) is 1. The van der Waals surface area contributed by atoms with E-state index in [9.17, 15) is 19.2 Å². The first kappa shape index (κ1) is 24.5. The normalized spacial score (nSPS) is 10.8. The average Bonchev–Trinajstić information content (AvgIpc) is 2.83. The number of anilines is 1. The molecule has 0 saturated carbocycles. The molecule has 0 aliphatic heterocycles. The molecule has 0 aliphatic carbocycles. The van der Waals surface area contributed by atoms with Crippen molar-refractivity contribution < 1.29 is 19.1 Å². The molecular formula is C25H27N3O6. The van der Waals surface area contributed by atoms with Crippen molar-refractivity contribution in [3.63, 3.8) is 0 Å². The van der Waals surface area contributed by atoms with Gasteiger partial charge in [0.1, 0.15) is 29.3 Å². The molecule has 0 bridgehead atoms. The van der Waals surface area contributed by atoms with Crippen LogP contribution in [0.1, 0.15) is 40.1 Å². The highest BCUT2D eigenvalue weighted by Gasteiger charge is 2.24. The highest BCUT2D eigenvalue weighted by molar-refractivity contribution is 6.02. The van der Waals surface area contributed by atoms with Crippen LogP contribution in [-0.4, -0.2) is 27.5 Å². The number of hydrogen-bond acceptors (Lipinski definition) is 7. The van der Waals surface area contributed by atoms with E-state index in [0.717, 1.165) is 10.1 Å². The molecule has 1 heterocycles. The van der Waals surface area contributed by atoms with E-state index in [4.69, 9.17) is 15.2 Å². The second-order valence-corrected chi connectivity index (χ2v) is 8.18. The minimum absolute atomic E-state index is 0.0469. The molecule has 0 fully saturated rings. The fraction of sp³-hybridized carbons (Fsp3) is 0.280. The summed E-state index contributed by atoms with van der Waals surface area (Å²) < 4.78 is 12.9. The maximum absolute atomic E-state index is 12.8. The van der Waals surface area contributed by atoms with Crippen LogP contribution in [0, 0.1) is 5.92 Å². The van der Waals surface area contributed by atoms with Crippen molar-refractivity contribution in [3.05, 3.63) is 92.1 Å². The summed E-state index contributed by atoms with van der Waals surface area (Å²) in [6, 6.07) is 15.9. The number of nitrogens with zero attached hydrogens (tertiary/aromatic N) is 2. The smallest absolute Gasteiger partial charge is 0.342 e. The Labute approximate surface area is 196 Å². The van der Waals surface area contributed by atoms with E-state index in [1.807, 2.05) is 44.2 Å². The van der Waals surface area contributed by atoms with E-state index in [0.29, 0.717) is 5.75 Å². The number of esters is 1. The maximum Gasteiger partial charge on any atom is 0.342 e. The van der Waals surface area contributed by atoms with E-state index < -0.39 is 29.6 Å². The van der Waals surface area contributed by atoms with Gasteiger partial charge in [-0.25, -0.2) is 9.59 Å². The van der Waals surface area contributed by atoms with Gasteiger partial charge in [-0.15, -0.1) is 0 Å². The summed E-state index contributed by atoms with van der Waals surface area (Å²) in [5, 5.41) is 0. The SMILES string of the molecule is CC(C)Cn1c(N)c(C(=O)COC(=O)c2ccccc2OCc2ccccc2)c(=O)n(C)c1=O. The van der Waals surface area contributed by atoms with Crippen LogP contribution in [0.2, 0.25) is 0 Å². The second-order valence-electron chi connectivity index (χ2n) is 8.18. The first-order chi connectivity index (χ1) is 16.2. The molecule has 178 valence electrons. The van der Waals surface area contributed by atoms with Gasteiger partial charge in [0.2, 0.25) is 5.78 Å². The standard InChI is InChI=1S/C25H27N3O6/c1-16(2)13-28-22(26)21(23(30)27(3)25(28)32)19(29)15-34-24(31)18-11-7-8-12-20(18)33-14-17-9-5-4-6-10-17/h4-12,16H,13-15,26H2,1-3H3. The summed E-state index contributed by atoms with van der Waals surface area (Å²) in [5.74, 6) is -1.49. The van der Waals surface area contributed by atoms with Gasteiger partial charge in [-0.3, -0.25) is 18.7 Å². The minimum atomic E-state index is -0.838. The fourth-order valence-electron chi connectivity index (χ4n) is 3.36. The lowest BCUT2D eigenvalue weighted by Crippen LogP contribution is -2.43. The Morgan fingerprint density at radius 1 is 1.00 bits per heavy atom. The van der Waals surface area contributed by atoms with E-state index >= 15 is 0 Å². The molecule has 0 radical (unpaired) electrons. The summed E-state index contributed by atoms with van der Waals surface area (Å²) in [6.45, 7) is 3.50. The third-order valence-corrected chi connectivity index (χ3v) is 5.09. The topological polar surface area (TPSA) is 123 Å². The quantitative estimate of drug-likeness (QED) is 0.380. The van der Waals surface area contributed by atoms with E-state index in [-0.39, 0.29) is 36.0 Å². The van der Waals surface area contributed by atoms with Gasteiger partial charge in [0.25, 0.3) is 5.56 Å². The Hall–Kier alpha value is -4.14. The number of ketones is 1. The summed E-state index contributed by atoms with van der Waals surface area (Å²) >= 11 is 0. The number of Topliss-reactive ketones (excluding diaryl/α,β-unsaturated/α-hetero) is 1. The number of rotatable bonds is 9. The first-order valence-electron chi connectivity index (χ1n) is 10.8. The Morgan fingerprint density at radius 2 is 1.65 bits per heavy atom. The molecule has 2 N–H and O–H groups in total. The van der Waals surface area contributed by atoms with E-state index in [1.165, 1.54) is 17.7 Å². The molecule has 34 heavy (non-hydrogen) atoms. The van der Waals surface area contributed by atoms with Crippen LogP contribution in [0.4, 0.5) is 5.82 Å². The van der Waals surface area contributed by atoms with Crippen LogP contribution in [-0.2, 0) is 24.9 Å². The molecule has 0 aliphatic rings. The predicted octanol–water partition coefficient (Wildman–Crippen LogP) is 2.40. The van der Waals surface area contributed by atoms with E-state index in [1.54, 1.807) is 18.2 Å². The van der Waals surface area contributed by atoms with Crippen LogP contribution in [0.3, 0.4) is 0 Å². The summed E-state index contributed by atoms with van der Waals surface area (Å²) in [4.78, 5) is 50.5. The molecule has 9 nitrogen and oxygen atoms in total. The van der Waals surface area contributed by atoms with Gasteiger partial charge in [-0.05, 0) is 23.6 Å². The molecule has 9 heteroatoms. The zero-order valence-electron chi connectivity index (χ0n) is 19.3. The third kappa shape index (κ3) is 5.43. The molecule has 0 atom stereocenters. The Morgan fingerprint density at radius 3 is 2.32 bits per heavy atom. The summed E-state index contributed by atoms with van der Waals surface area (Å²) in [6.07, 6.45) is 0. The Kier molecular flexibility index (Phi) is 7.68. The summed E-state index contributed by atoms with van der Waals surface area (Å²) in [7, 11) is 1.27. The van der Waals surface area contributed by atoms with Gasteiger partial charge in [-0.2, -0.15) is 0 Å². The maximum atomic E-state index is 12.8. The van der Waals surface area contributed by atoms with Gasteiger partial charge in [0.15, 0.2) is 6.61 Å². The van der Waals surface area contributed by atoms with E-state index in [2.05, 4.69) is 0 Å². The summed E-state index contributed by atoms with van der Waals surface area (Å²) in [5.41, 5.74) is 5.22. The second kappa shape index (κ2) is 10.7. The zero-order valence-corrected chi connectivity index (χ0v) is 19.3. The lowest BCUT2D eigenvalue weighted by Gasteiger charge is -2.16. The van der Waals surface area contributed by atoms with Gasteiger partial charge in [-0.1, -0.05) is 56.3 Å². The highest BCUT2D eigenvalue weighted by atomic mass is 16.5. The lowest BCUT2D eigenvalue weighted by molar-refractivity contribution is 0.0469. The Balaban J connectivity index is 1.77. The number of aromatic nitrogens is 2. The molecule has 0 saturated heterocycles. The average molecular weight is 466 g/mol. The monoisotopic (exact) mass is 465 g/mol. The Bertz CT molecular complexity index is 1310. The number of carbonyl (C=O) groups excluding carboxylic acids is 2. The van der Waals surface area contributed by atoms with Gasteiger partial charge < -0.3 is 15.2 Å². The highest BCUT2D eigenvalue weighted by Crippen LogP contribution is 2.20. The van der Waals surface area contributed by atoms with Crippen LogP contribution in [0.5, 0.6) is 5.75 Å². The first-order valence-corrected chi connectivity index (χ1v) is 10.8. The van der Waals surface area contributed by atoms with Gasteiger partial charge >= 0.3 is 11.7 Å². The minimum Gasteiger partial charge on any atom is -0.488 e. The lowest BCUT2D eigenvalue weighted by atomic mass is 10.1. The predicted molar refractivity (Wildman–Crippen MR) is 127 cm³/mol. The van der Waals surface area contributed by atoms with Crippen molar-refractivity contribution in [1.29, 1.82) is 0 Å². The van der Waals surface area contributed by atoms with Crippen molar-refractivity contribution in [1.82, 2.24) is 9.13 Å². The molecule has 2 aromatic carbocycles. The van der Waals surface area contributed by atoms with Gasteiger partial charge in [0, 0.05) is 13.6 Å². The third-order valence-electron chi connectivity index (χ3n) is 5.09. The van der Waals surface area contributed by atoms with Crippen molar-refractivity contribution >= 4 is 17.6 Å². The van der Waals surface area contributed by atoms with Crippen molar-refractivity contribution in [3.8, 4) is 5.75 Å². The molecule has 0 unspecified atom stereocenters. The van der Waals surface area contributed by atoms with Gasteiger partial charge in [0.05, 0.1) is 0 Å². The number of para-hydroxylation sites is 1. The number of ether oxygens (including phenoxy) is 2. The number of nitrogen functional groups attached to an aromatic ring is 1. The molecule has 3 rings (SSSR count). The zero-order chi connectivity index (χ0) is 24.8. The molecular weight excluding hydrogens is 438 g/mol. The van der Waals surface area contributed by atoms with Crippen LogP contribution >= 0.6 is 0 Å². The largest absolute Gasteiger partial charge is 0.488 e. The van der Waals surface area contributed by atoms with Crippen molar-refractivity contribution in [2.45, 2.75) is 27.0 Å². The fourth-order valence-corrected chi connectivity index (χ4v) is 3.36. The molecule has 0 spiro atoms. The number of benzene rings is 2. The number of nitrogens with two attached hydrogens (primary N) is 1. The van der Waals surface area contributed by atoms with Crippen LogP contribution < -0.4 is 21.7 Å². The van der Waals surface area contributed by atoms with Crippen molar-refractivity contribution in [2.24, 2.45) is 13.0 Å². The molecule has 1 aromatic heterocycles. The molecule has 3 aromatic rings.